The van der Waals surface area contributed by atoms with E-state index in [9.17, 15) is 0 Å². The van der Waals surface area contributed by atoms with Gasteiger partial charge in [-0.15, -0.1) is 11.3 Å². The largest absolute Gasteiger partial charge is 0.313 e. The molecule has 2 aliphatic rings. The number of thiophene rings is 1. The normalized spacial score (nSPS) is 15.0. The van der Waals surface area contributed by atoms with Crippen LogP contribution in [0.3, 0.4) is 0 Å². The van der Waals surface area contributed by atoms with E-state index >= 15 is 0 Å². The highest BCUT2D eigenvalue weighted by atomic mass is 32.1. The van der Waals surface area contributed by atoms with E-state index in [2.05, 4.69) is 198 Å². The van der Waals surface area contributed by atoms with E-state index in [4.69, 9.17) is 0 Å². The first kappa shape index (κ1) is 30.7. The summed E-state index contributed by atoms with van der Waals surface area (Å²) in [5, 5.41) is 7.73. The molecule has 12 rings (SSSR count). The molecule has 258 valence electrons. The summed E-state index contributed by atoms with van der Waals surface area (Å²) < 4.78 is 5.13. The molecule has 1 aliphatic heterocycles. The van der Waals surface area contributed by atoms with Crippen LogP contribution in [0.2, 0.25) is 0 Å². The molecule has 1 unspecified atom stereocenters. The molecule has 10 aromatic rings. The highest BCUT2D eigenvalue weighted by Crippen LogP contribution is 2.52. The first-order chi connectivity index (χ1) is 27.2. The zero-order valence-corrected chi connectivity index (χ0v) is 30.8. The second-order valence-electron chi connectivity index (χ2n) is 14.9. The minimum atomic E-state index is 0.329. The van der Waals surface area contributed by atoms with Gasteiger partial charge < -0.3 is 9.47 Å². The summed E-state index contributed by atoms with van der Waals surface area (Å²) in [5.74, 6) is 0.329. The van der Waals surface area contributed by atoms with Crippen molar-refractivity contribution in [1.29, 1.82) is 0 Å². The summed E-state index contributed by atoms with van der Waals surface area (Å²) in [6.45, 7) is 0. The van der Waals surface area contributed by atoms with Crippen LogP contribution < -0.4 is 4.90 Å². The molecule has 1 atom stereocenters. The zero-order chi connectivity index (χ0) is 36.0. The molecule has 3 heteroatoms. The van der Waals surface area contributed by atoms with Gasteiger partial charge in [-0.25, -0.2) is 0 Å². The van der Waals surface area contributed by atoms with Crippen LogP contribution in [0.25, 0.3) is 80.7 Å². The van der Waals surface area contributed by atoms with E-state index in [1.165, 1.54) is 103 Å². The van der Waals surface area contributed by atoms with E-state index in [1.54, 1.807) is 0 Å². The van der Waals surface area contributed by atoms with Crippen molar-refractivity contribution in [3.05, 3.63) is 199 Å². The number of hydrogen-bond acceptors (Lipinski definition) is 2. The number of hydrogen-bond donors (Lipinski definition) is 0. The quantitative estimate of drug-likeness (QED) is 0.176. The van der Waals surface area contributed by atoms with Crippen molar-refractivity contribution in [2.24, 2.45) is 0 Å². The summed E-state index contributed by atoms with van der Waals surface area (Å²) in [7, 11) is 0. The molecule has 0 amide bonds. The van der Waals surface area contributed by atoms with Gasteiger partial charge in [0.05, 0.1) is 11.0 Å². The fourth-order valence-electron chi connectivity index (χ4n) is 9.24. The number of benzene rings is 8. The van der Waals surface area contributed by atoms with Crippen LogP contribution >= 0.6 is 11.3 Å². The van der Waals surface area contributed by atoms with Crippen LogP contribution in [0.1, 0.15) is 17.9 Å². The number of nitrogens with zero attached hydrogens (tertiary/aromatic N) is 2. The minimum Gasteiger partial charge on any atom is -0.313 e. The molecule has 3 heterocycles. The van der Waals surface area contributed by atoms with Crippen LogP contribution in [0.5, 0.6) is 0 Å². The van der Waals surface area contributed by atoms with E-state index in [1.807, 2.05) is 11.3 Å². The fraction of sp³-hybridized carbons (Fsp3) is 0.0385. The van der Waals surface area contributed by atoms with Crippen molar-refractivity contribution in [3.8, 4) is 27.9 Å². The average molecular weight is 719 g/mol. The van der Waals surface area contributed by atoms with E-state index in [0.29, 0.717) is 5.92 Å². The predicted octanol–water partition coefficient (Wildman–Crippen LogP) is 14.7. The van der Waals surface area contributed by atoms with Gasteiger partial charge in [-0.3, -0.25) is 0 Å². The molecular formula is C52H34N2S. The van der Waals surface area contributed by atoms with E-state index in [-0.39, 0.29) is 0 Å². The molecule has 0 radical (unpaired) electrons. The van der Waals surface area contributed by atoms with Gasteiger partial charge in [-0.1, -0.05) is 115 Å². The second-order valence-corrected chi connectivity index (χ2v) is 16.0. The molecule has 2 aromatic heterocycles. The smallest absolute Gasteiger partial charge is 0.0548 e. The van der Waals surface area contributed by atoms with Crippen molar-refractivity contribution in [2.45, 2.75) is 12.3 Å². The lowest BCUT2D eigenvalue weighted by Crippen LogP contribution is -2.14. The molecule has 0 spiro atoms. The third-order valence-corrected chi connectivity index (χ3v) is 13.0. The van der Waals surface area contributed by atoms with Gasteiger partial charge in [-0.2, -0.15) is 0 Å². The fourth-order valence-corrected chi connectivity index (χ4v) is 10.4. The maximum atomic E-state index is 2.48. The monoisotopic (exact) mass is 718 g/mol. The molecule has 0 fully saturated rings. The summed E-state index contributed by atoms with van der Waals surface area (Å²) in [5.41, 5.74) is 13.8. The number of allylic oxidation sites excluding steroid dienone is 4. The summed E-state index contributed by atoms with van der Waals surface area (Å²) in [6.07, 6.45) is 7.86. The van der Waals surface area contributed by atoms with Gasteiger partial charge in [0.2, 0.25) is 0 Å². The first-order valence-corrected chi connectivity index (χ1v) is 19.9. The standard InChI is InChI=1S/C52H34N2S/c1-2-11-33(12-3-1)36-15-10-16-39(27-36)54-49-26-23-38(30-44(49)45-32-52-46(31-50(45)54)42-18-7-9-20-51(42)55-52)37-22-25-48-43(29-37)41-17-6-8-19-47(41)53(48)40-24-21-34-13-4-5-14-35(34)28-40/h1-16,18-32,41H,17H2. The Balaban J connectivity index is 1.04. The third-order valence-electron chi connectivity index (χ3n) is 11.8. The maximum absolute atomic E-state index is 2.48. The van der Waals surface area contributed by atoms with Crippen LogP contribution in [0.4, 0.5) is 11.4 Å². The predicted molar refractivity (Wildman–Crippen MR) is 235 cm³/mol. The molecule has 0 N–H and O–H groups in total. The van der Waals surface area contributed by atoms with Crippen LogP contribution in [0, 0.1) is 0 Å². The van der Waals surface area contributed by atoms with Crippen molar-refractivity contribution in [2.75, 3.05) is 4.90 Å². The van der Waals surface area contributed by atoms with Crippen molar-refractivity contribution < 1.29 is 0 Å². The Morgan fingerprint density at radius 2 is 1.25 bits per heavy atom. The van der Waals surface area contributed by atoms with Gasteiger partial charge in [0.15, 0.2) is 0 Å². The topological polar surface area (TPSA) is 8.17 Å². The Morgan fingerprint density at radius 1 is 0.473 bits per heavy atom. The van der Waals surface area contributed by atoms with Gasteiger partial charge in [0, 0.05) is 59.6 Å². The zero-order valence-electron chi connectivity index (χ0n) is 30.0. The maximum Gasteiger partial charge on any atom is 0.0548 e. The second kappa shape index (κ2) is 11.9. The van der Waals surface area contributed by atoms with E-state index < -0.39 is 0 Å². The Hall–Kier alpha value is -6.68. The van der Waals surface area contributed by atoms with Crippen molar-refractivity contribution in [1.82, 2.24) is 4.57 Å². The Bertz CT molecular complexity index is 3250. The van der Waals surface area contributed by atoms with Crippen molar-refractivity contribution >= 4 is 75.5 Å². The highest BCUT2D eigenvalue weighted by Gasteiger charge is 2.35. The molecule has 1 aliphatic carbocycles. The van der Waals surface area contributed by atoms with Gasteiger partial charge in [0.25, 0.3) is 0 Å². The molecule has 2 nitrogen and oxygen atoms in total. The summed E-state index contributed by atoms with van der Waals surface area (Å²) in [6, 6.07) is 63.1. The van der Waals surface area contributed by atoms with Gasteiger partial charge in [0.1, 0.15) is 0 Å². The third kappa shape index (κ3) is 4.73. The first-order valence-electron chi connectivity index (χ1n) is 19.1. The van der Waals surface area contributed by atoms with E-state index in [0.717, 1.165) is 6.42 Å². The van der Waals surface area contributed by atoms with Crippen molar-refractivity contribution in [3.63, 3.8) is 0 Å². The number of aromatic nitrogens is 1. The molecule has 8 aromatic carbocycles. The number of rotatable bonds is 4. The van der Waals surface area contributed by atoms with Gasteiger partial charge in [-0.05, 0) is 118 Å². The number of fused-ring (bicyclic) bond motifs is 10. The average Bonchev–Trinajstić information content (AvgIpc) is 3.89. The van der Waals surface area contributed by atoms with Crippen LogP contribution in [-0.4, -0.2) is 4.57 Å². The molecule has 0 bridgehead atoms. The molecular weight excluding hydrogens is 685 g/mol. The minimum absolute atomic E-state index is 0.329. The lowest BCUT2D eigenvalue weighted by Gasteiger charge is -2.25. The van der Waals surface area contributed by atoms with Gasteiger partial charge >= 0.3 is 0 Å². The lowest BCUT2D eigenvalue weighted by molar-refractivity contribution is 0.820. The lowest BCUT2D eigenvalue weighted by atomic mass is 9.90. The molecule has 0 saturated carbocycles. The Kier molecular flexibility index (Phi) is 6.66. The SMILES string of the molecule is C1=CCC2C(=C1)N(c1ccc3ccccc3c1)c1ccc(-c3ccc4c(c3)c3cc5sc6ccccc6c5cc3n4-c3cccc(-c4ccccc4)c3)cc12. The van der Waals surface area contributed by atoms with Crippen LogP contribution in [-0.2, 0) is 0 Å². The van der Waals surface area contributed by atoms with Crippen LogP contribution in [0.15, 0.2) is 194 Å². The number of anilines is 2. The highest BCUT2D eigenvalue weighted by molar-refractivity contribution is 7.25. The Labute approximate surface area is 323 Å². The molecule has 0 saturated heterocycles. The summed E-state index contributed by atoms with van der Waals surface area (Å²) >= 11 is 1.89. The Morgan fingerprint density at radius 3 is 2.20 bits per heavy atom. The summed E-state index contributed by atoms with van der Waals surface area (Å²) in [4.78, 5) is 2.48. The molecule has 55 heavy (non-hydrogen) atoms.